The van der Waals surface area contributed by atoms with Gasteiger partial charge in [-0.05, 0) is 41.5 Å². The number of anilines is 1. The smallest absolute Gasteiger partial charge is 0.307 e. The van der Waals surface area contributed by atoms with Crippen molar-refractivity contribution in [3.63, 3.8) is 0 Å². The highest BCUT2D eigenvalue weighted by atomic mass is 16.4. The maximum absolute atomic E-state index is 12.0. The summed E-state index contributed by atoms with van der Waals surface area (Å²) in [4.78, 5) is 22.7. The molecule has 2 N–H and O–H groups in total. The second-order valence-corrected chi connectivity index (χ2v) is 5.03. The van der Waals surface area contributed by atoms with E-state index in [1.165, 1.54) is 11.0 Å². The van der Waals surface area contributed by atoms with E-state index in [4.69, 9.17) is 5.11 Å². The SMILES string of the molecule is Cc1ccc(NC(=O)C2CC2C(=O)O)cc1-n1cnnn1. The Hall–Kier alpha value is -2.77. The van der Waals surface area contributed by atoms with E-state index in [1.807, 2.05) is 13.0 Å². The molecule has 1 aromatic carbocycles. The van der Waals surface area contributed by atoms with Crippen molar-refractivity contribution >= 4 is 17.6 Å². The molecular weight excluding hydrogens is 274 g/mol. The molecule has 3 rings (SSSR count). The summed E-state index contributed by atoms with van der Waals surface area (Å²) in [5, 5.41) is 22.5. The summed E-state index contributed by atoms with van der Waals surface area (Å²) in [6.07, 6.45) is 1.86. The number of nitrogens with zero attached hydrogens (tertiary/aromatic N) is 4. The average molecular weight is 287 g/mol. The number of hydrogen-bond donors (Lipinski definition) is 2. The van der Waals surface area contributed by atoms with Gasteiger partial charge in [-0.25, -0.2) is 4.68 Å². The van der Waals surface area contributed by atoms with Crippen LogP contribution in [0.5, 0.6) is 0 Å². The van der Waals surface area contributed by atoms with Crippen LogP contribution < -0.4 is 5.32 Å². The van der Waals surface area contributed by atoms with E-state index in [-0.39, 0.29) is 5.91 Å². The number of carboxylic acid groups (broad SMARTS) is 1. The molecule has 1 saturated carbocycles. The third kappa shape index (κ3) is 2.60. The van der Waals surface area contributed by atoms with Gasteiger partial charge >= 0.3 is 5.97 Å². The summed E-state index contributed by atoms with van der Waals surface area (Å²) in [6, 6.07) is 5.36. The van der Waals surface area contributed by atoms with E-state index in [9.17, 15) is 9.59 Å². The molecule has 1 aromatic heterocycles. The number of aromatic nitrogens is 4. The van der Waals surface area contributed by atoms with Crippen LogP contribution in [-0.4, -0.2) is 37.2 Å². The molecule has 1 amide bonds. The van der Waals surface area contributed by atoms with Gasteiger partial charge in [0.25, 0.3) is 0 Å². The summed E-state index contributed by atoms with van der Waals surface area (Å²) in [5.74, 6) is -2.20. The molecule has 0 bridgehead atoms. The van der Waals surface area contributed by atoms with Gasteiger partial charge in [-0.3, -0.25) is 9.59 Å². The number of aryl methyl sites for hydroxylation is 1. The topological polar surface area (TPSA) is 110 Å². The standard InChI is InChI=1S/C13H13N5O3/c1-7-2-3-8(4-11(7)18-6-14-16-17-18)15-12(19)9-5-10(9)13(20)21/h2-4,6,9-10H,5H2,1H3,(H,15,19)(H,20,21). The van der Waals surface area contributed by atoms with Gasteiger partial charge in [0.2, 0.25) is 5.91 Å². The highest BCUT2D eigenvalue weighted by Gasteiger charge is 2.48. The fraction of sp³-hybridized carbons (Fsp3) is 0.308. The summed E-state index contributed by atoms with van der Waals surface area (Å²) >= 11 is 0. The number of rotatable bonds is 4. The Morgan fingerprint density at radius 3 is 2.81 bits per heavy atom. The number of hydrogen-bond acceptors (Lipinski definition) is 5. The number of benzene rings is 1. The summed E-state index contributed by atoms with van der Waals surface area (Å²) in [5.41, 5.74) is 2.30. The van der Waals surface area contributed by atoms with Crippen LogP contribution in [-0.2, 0) is 9.59 Å². The maximum Gasteiger partial charge on any atom is 0.307 e. The summed E-state index contributed by atoms with van der Waals surface area (Å²) < 4.78 is 1.50. The Kier molecular flexibility index (Phi) is 3.13. The largest absolute Gasteiger partial charge is 0.481 e. The second kappa shape index (κ2) is 4.97. The first-order chi connectivity index (χ1) is 10.1. The van der Waals surface area contributed by atoms with E-state index in [2.05, 4.69) is 20.8 Å². The van der Waals surface area contributed by atoms with E-state index < -0.39 is 17.8 Å². The molecule has 21 heavy (non-hydrogen) atoms. The van der Waals surface area contributed by atoms with Gasteiger partial charge in [0.05, 0.1) is 17.5 Å². The van der Waals surface area contributed by atoms with Crippen molar-refractivity contribution in [2.24, 2.45) is 11.8 Å². The summed E-state index contributed by atoms with van der Waals surface area (Å²) in [7, 11) is 0. The average Bonchev–Trinajstić information content (AvgIpc) is 3.09. The predicted molar refractivity (Wildman–Crippen MR) is 71.8 cm³/mol. The zero-order valence-corrected chi connectivity index (χ0v) is 11.2. The van der Waals surface area contributed by atoms with Crippen LogP contribution in [0.4, 0.5) is 5.69 Å². The van der Waals surface area contributed by atoms with Crippen LogP contribution in [0.3, 0.4) is 0 Å². The first kappa shape index (κ1) is 13.2. The van der Waals surface area contributed by atoms with Crippen molar-refractivity contribution in [2.75, 3.05) is 5.32 Å². The quantitative estimate of drug-likeness (QED) is 0.853. The van der Waals surface area contributed by atoms with Gasteiger partial charge in [0.15, 0.2) is 0 Å². The molecule has 1 aliphatic carbocycles. The minimum atomic E-state index is -0.923. The number of nitrogens with one attached hydrogen (secondary N) is 1. The first-order valence-corrected chi connectivity index (χ1v) is 6.44. The number of carboxylic acids is 1. The molecule has 0 saturated heterocycles. The highest BCUT2D eigenvalue weighted by molar-refractivity contribution is 5.98. The molecule has 1 aliphatic rings. The van der Waals surface area contributed by atoms with Crippen molar-refractivity contribution in [3.05, 3.63) is 30.1 Å². The zero-order valence-electron chi connectivity index (χ0n) is 11.2. The fourth-order valence-electron chi connectivity index (χ4n) is 2.20. The molecule has 2 aromatic rings. The lowest BCUT2D eigenvalue weighted by Crippen LogP contribution is -2.17. The Bertz CT molecular complexity index is 698. The van der Waals surface area contributed by atoms with Gasteiger partial charge in [-0.15, -0.1) is 5.10 Å². The van der Waals surface area contributed by atoms with Crippen molar-refractivity contribution in [3.8, 4) is 5.69 Å². The molecule has 2 atom stereocenters. The van der Waals surface area contributed by atoms with Crippen LogP contribution in [0.25, 0.3) is 5.69 Å². The van der Waals surface area contributed by atoms with Crippen molar-refractivity contribution < 1.29 is 14.7 Å². The third-order valence-electron chi connectivity index (χ3n) is 3.52. The first-order valence-electron chi connectivity index (χ1n) is 6.44. The van der Waals surface area contributed by atoms with E-state index in [0.717, 1.165) is 11.3 Å². The van der Waals surface area contributed by atoms with Crippen LogP contribution in [0.15, 0.2) is 24.5 Å². The Labute approximate surface area is 119 Å². The third-order valence-corrected chi connectivity index (χ3v) is 3.52. The number of amides is 1. The summed E-state index contributed by atoms with van der Waals surface area (Å²) in [6.45, 7) is 1.91. The molecule has 108 valence electrons. The van der Waals surface area contributed by atoms with Gasteiger partial charge in [-0.1, -0.05) is 6.07 Å². The van der Waals surface area contributed by atoms with Crippen molar-refractivity contribution in [1.29, 1.82) is 0 Å². The zero-order chi connectivity index (χ0) is 15.0. The predicted octanol–water partition coefficient (Wildman–Crippen LogP) is 0.630. The van der Waals surface area contributed by atoms with E-state index >= 15 is 0 Å². The van der Waals surface area contributed by atoms with Crippen LogP contribution in [0.1, 0.15) is 12.0 Å². The van der Waals surface area contributed by atoms with E-state index in [1.54, 1.807) is 12.1 Å². The number of aliphatic carboxylic acids is 1. The Balaban J connectivity index is 1.77. The molecular formula is C13H13N5O3. The highest BCUT2D eigenvalue weighted by Crippen LogP contribution is 2.39. The minimum Gasteiger partial charge on any atom is -0.481 e. The number of tetrazole rings is 1. The maximum atomic E-state index is 12.0. The van der Waals surface area contributed by atoms with E-state index in [0.29, 0.717) is 12.1 Å². The lowest BCUT2D eigenvalue weighted by Gasteiger charge is -2.09. The van der Waals surface area contributed by atoms with Gasteiger partial charge in [0, 0.05) is 5.69 Å². The molecule has 8 nitrogen and oxygen atoms in total. The minimum absolute atomic E-state index is 0.270. The lowest BCUT2D eigenvalue weighted by molar-refractivity contribution is -0.139. The lowest BCUT2D eigenvalue weighted by atomic mass is 10.1. The van der Waals surface area contributed by atoms with Gasteiger partial charge < -0.3 is 10.4 Å². The normalized spacial score (nSPS) is 20.0. The van der Waals surface area contributed by atoms with Crippen LogP contribution in [0.2, 0.25) is 0 Å². The van der Waals surface area contributed by atoms with Gasteiger partial charge in [-0.2, -0.15) is 0 Å². The molecule has 1 heterocycles. The Morgan fingerprint density at radius 2 is 2.19 bits per heavy atom. The molecule has 2 unspecified atom stereocenters. The molecule has 1 fully saturated rings. The number of carbonyl (C=O) groups is 2. The van der Waals surface area contributed by atoms with Crippen molar-refractivity contribution in [1.82, 2.24) is 20.2 Å². The van der Waals surface area contributed by atoms with Crippen molar-refractivity contribution in [2.45, 2.75) is 13.3 Å². The molecule has 0 spiro atoms. The second-order valence-electron chi connectivity index (χ2n) is 5.03. The molecule has 8 heteroatoms. The van der Waals surface area contributed by atoms with Crippen LogP contribution >= 0.6 is 0 Å². The molecule has 0 aliphatic heterocycles. The fourth-order valence-corrected chi connectivity index (χ4v) is 2.20. The van der Waals surface area contributed by atoms with Crippen LogP contribution in [0, 0.1) is 18.8 Å². The Morgan fingerprint density at radius 1 is 1.38 bits per heavy atom. The van der Waals surface area contributed by atoms with Gasteiger partial charge in [0.1, 0.15) is 6.33 Å². The number of carbonyl (C=O) groups excluding carboxylic acids is 1. The molecule has 0 radical (unpaired) electrons. The monoisotopic (exact) mass is 287 g/mol.